The van der Waals surface area contributed by atoms with Gasteiger partial charge in [0, 0.05) is 31.4 Å². The topological polar surface area (TPSA) is 106 Å². The lowest BCUT2D eigenvalue weighted by atomic mass is 10.0. The van der Waals surface area contributed by atoms with Crippen LogP contribution in [-0.2, 0) is 14.1 Å². The van der Waals surface area contributed by atoms with Crippen LogP contribution in [0.4, 0.5) is 0 Å². The van der Waals surface area contributed by atoms with Gasteiger partial charge in [0.05, 0.1) is 44.1 Å². The van der Waals surface area contributed by atoms with Crippen LogP contribution in [0.5, 0.6) is 0 Å². The van der Waals surface area contributed by atoms with Crippen LogP contribution in [0.1, 0.15) is 11.4 Å². The molecule has 9 heteroatoms. The standard InChI is InChI=1S/C43H33N9/c1-24-5-14-36(44-23-24)42-47-33-16-11-29(20-38(33)49-42)31-13-18-35-40(22-31)52(4)43(50-35)27-8-6-26(7-9-27)41-46-32-15-10-28(19-37(32)48-41)30-12-17-34-39(21-30)51(3)25(2)45-34/h5-23H,1-4H3,(H,46,48)(H,47,49). The molecule has 0 saturated heterocycles. The SMILES string of the molecule is Cc1ccc(-c2nc3cc(-c4ccc5nc(-c6ccc(-c7nc8cc(-c9ccc%10nc(C)n(C)c%10c9)ccc8[nH]7)cc6)n(C)c5c4)ccc3[nH]2)nc1. The molecule has 0 spiro atoms. The van der Waals surface area contributed by atoms with Gasteiger partial charge in [0.2, 0.25) is 0 Å². The molecule has 10 rings (SSSR count). The molecule has 0 unspecified atom stereocenters. The number of fused-ring (bicyclic) bond motifs is 4. The third kappa shape index (κ3) is 4.89. The van der Waals surface area contributed by atoms with Crippen LogP contribution >= 0.6 is 0 Å². The summed E-state index contributed by atoms with van der Waals surface area (Å²) in [5.41, 5.74) is 16.4. The molecule has 0 atom stereocenters. The number of nitrogens with one attached hydrogen (secondary N) is 2. The molecule has 0 aliphatic heterocycles. The summed E-state index contributed by atoms with van der Waals surface area (Å²) in [4.78, 5) is 31.0. The zero-order chi connectivity index (χ0) is 35.1. The van der Waals surface area contributed by atoms with Gasteiger partial charge in [-0.15, -0.1) is 0 Å². The summed E-state index contributed by atoms with van der Waals surface area (Å²) in [6.45, 7) is 4.06. The minimum atomic E-state index is 0.768. The zero-order valence-electron chi connectivity index (χ0n) is 29.1. The number of nitrogens with zero attached hydrogens (tertiary/aromatic N) is 7. The van der Waals surface area contributed by atoms with Crippen LogP contribution in [0.2, 0.25) is 0 Å². The van der Waals surface area contributed by atoms with E-state index in [1.807, 2.05) is 26.1 Å². The second-order valence-corrected chi connectivity index (χ2v) is 13.6. The molecule has 0 saturated carbocycles. The highest BCUT2D eigenvalue weighted by atomic mass is 15.1. The molecular weight excluding hydrogens is 643 g/mol. The molecule has 0 radical (unpaired) electrons. The predicted octanol–water partition coefficient (Wildman–Crippen LogP) is 9.56. The van der Waals surface area contributed by atoms with E-state index in [1.165, 1.54) is 0 Å². The summed E-state index contributed by atoms with van der Waals surface area (Å²) in [7, 11) is 4.13. The molecule has 0 fully saturated rings. The van der Waals surface area contributed by atoms with Gasteiger partial charge in [0.25, 0.3) is 0 Å². The minimum Gasteiger partial charge on any atom is -0.338 e. The van der Waals surface area contributed by atoms with Gasteiger partial charge >= 0.3 is 0 Å². The smallest absolute Gasteiger partial charge is 0.157 e. The van der Waals surface area contributed by atoms with Crippen molar-refractivity contribution < 1.29 is 0 Å². The fraction of sp³-hybridized carbons (Fsp3) is 0.0930. The second-order valence-electron chi connectivity index (χ2n) is 13.6. The molecule has 5 aromatic carbocycles. The van der Waals surface area contributed by atoms with E-state index in [2.05, 4.69) is 146 Å². The fourth-order valence-corrected chi connectivity index (χ4v) is 7.13. The summed E-state index contributed by atoms with van der Waals surface area (Å²) in [5.74, 6) is 3.51. The van der Waals surface area contributed by atoms with E-state index in [0.717, 1.165) is 112 Å². The van der Waals surface area contributed by atoms with Crippen molar-refractivity contribution in [3.8, 4) is 56.5 Å². The van der Waals surface area contributed by atoms with Gasteiger partial charge in [0.15, 0.2) is 5.82 Å². The largest absolute Gasteiger partial charge is 0.338 e. The number of aromatic nitrogens is 9. The molecule has 52 heavy (non-hydrogen) atoms. The number of hydrogen-bond acceptors (Lipinski definition) is 5. The Morgan fingerprint density at radius 3 is 1.65 bits per heavy atom. The maximum atomic E-state index is 5.02. The summed E-state index contributed by atoms with van der Waals surface area (Å²) >= 11 is 0. The van der Waals surface area contributed by atoms with Crippen molar-refractivity contribution in [1.29, 1.82) is 0 Å². The molecule has 0 bridgehead atoms. The third-order valence-electron chi connectivity index (χ3n) is 10.2. The normalized spacial score (nSPS) is 11.8. The van der Waals surface area contributed by atoms with E-state index >= 15 is 0 Å². The Kier molecular flexibility index (Phi) is 6.53. The molecule has 5 aromatic heterocycles. The molecule has 9 nitrogen and oxygen atoms in total. The molecule has 0 aliphatic carbocycles. The summed E-state index contributed by atoms with van der Waals surface area (Å²) in [6, 6.07) is 38.1. The lowest BCUT2D eigenvalue weighted by molar-refractivity contribution is 0.886. The van der Waals surface area contributed by atoms with E-state index in [0.29, 0.717) is 0 Å². The Morgan fingerprint density at radius 2 is 1.00 bits per heavy atom. The lowest BCUT2D eigenvalue weighted by Gasteiger charge is -2.05. The molecule has 10 aromatic rings. The van der Waals surface area contributed by atoms with Gasteiger partial charge in [-0.3, -0.25) is 4.98 Å². The van der Waals surface area contributed by atoms with Crippen LogP contribution < -0.4 is 0 Å². The van der Waals surface area contributed by atoms with E-state index < -0.39 is 0 Å². The van der Waals surface area contributed by atoms with Crippen molar-refractivity contribution >= 4 is 44.1 Å². The van der Waals surface area contributed by atoms with Gasteiger partial charge in [-0.25, -0.2) is 19.9 Å². The molecule has 250 valence electrons. The first kappa shape index (κ1) is 30.0. The number of aromatic amines is 2. The maximum Gasteiger partial charge on any atom is 0.157 e. The van der Waals surface area contributed by atoms with Crippen molar-refractivity contribution in [2.75, 3.05) is 0 Å². The number of rotatable bonds is 5. The Morgan fingerprint density at radius 1 is 0.462 bits per heavy atom. The number of aryl methyl sites for hydroxylation is 4. The van der Waals surface area contributed by atoms with Gasteiger partial charge < -0.3 is 19.1 Å². The van der Waals surface area contributed by atoms with Gasteiger partial charge in [0.1, 0.15) is 23.2 Å². The van der Waals surface area contributed by atoms with Gasteiger partial charge in [-0.05, 0) is 96.3 Å². The number of benzene rings is 5. The molecule has 2 N–H and O–H groups in total. The highest BCUT2D eigenvalue weighted by Crippen LogP contribution is 2.32. The Bertz CT molecular complexity index is 2990. The second kappa shape index (κ2) is 11.3. The van der Waals surface area contributed by atoms with Crippen molar-refractivity contribution in [2.24, 2.45) is 14.1 Å². The zero-order valence-corrected chi connectivity index (χ0v) is 29.1. The first-order chi connectivity index (χ1) is 25.3. The highest BCUT2D eigenvalue weighted by molar-refractivity contribution is 5.90. The molecule has 5 heterocycles. The summed E-state index contributed by atoms with van der Waals surface area (Å²) < 4.78 is 4.29. The highest BCUT2D eigenvalue weighted by Gasteiger charge is 2.15. The van der Waals surface area contributed by atoms with E-state index in [1.54, 1.807) is 0 Å². The minimum absolute atomic E-state index is 0.768. The van der Waals surface area contributed by atoms with Crippen molar-refractivity contribution in [3.05, 3.63) is 127 Å². The van der Waals surface area contributed by atoms with Crippen LogP contribution in [0, 0.1) is 13.8 Å². The molecule has 0 amide bonds. The number of H-pyrrole nitrogens is 2. The average molecular weight is 676 g/mol. The third-order valence-corrected chi connectivity index (χ3v) is 10.2. The van der Waals surface area contributed by atoms with Crippen molar-refractivity contribution in [3.63, 3.8) is 0 Å². The summed E-state index contributed by atoms with van der Waals surface area (Å²) in [5, 5.41) is 0. The Balaban J connectivity index is 0.925. The van der Waals surface area contributed by atoms with Crippen LogP contribution in [0.3, 0.4) is 0 Å². The first-order valence-corrected chi connectivity index (χ1v) is 17.3. The average Bonchev–Trinajstić information content (AvgIpc) is 3.94. The Hall–Kier alpha value is -6.87. The van der Waals surface area contributed by atoms with Crippen LogP contribution in [0.15, 0.2) is 115 Å². The first-order valence-electron chi connectivity index (χ1n) is 17.3. The summed E-state index contributed by atoms with van der Waals surface area (Å²) in [6.07, 6.45) is 1.86. The quantitative estimate of drug-likeness (QED) is 0.189. The van der Waals surface area contributed by atoms with Gasteiger partial charge in [-0.1, -0.05) is 54.6 Å². The van der Waals surface area contributed by atoms with Crippen molar-refractivity contribution in [1.82, 2.24) is 44.0 Å². The molecule has 0 aliphatic rings. The van der Waals surface area contributed by atoms with Crippen molar-refractivity contribution in [2.45, 2.75) is 13.8 Å². The van der Waals surface area contributed by atoms with E-state index in [4.69, 9.17) is 15.0 Å². The maximum absolute atomic E-state index is 5.02. The number of pyridine rings is 1. The predicted molar refractivity (Wildman–Crippen MR) is 209 cm³/mol. The lowest BCUT2D eigenvalue weighted by Crippen LogP contribution is -1.93. The van der Waals surface area contributed by atoms with Crippen LogP contribution in [0.25, 0.3) is 101 Å². The van der Waals surface area contributed by atoms with Crippen LogP contribution in [-0.4, -0.2) is 44.0 Å². The monoisotopic (exact) mass is 675 g/mol. The Labute approximate surface area is 298 Å². The fourth-order valence-electron chi connectivity index (χ4n) is 7.13. The molecular formula is C43H33N9. The van der Waals surface area contributed by atoms with E-state index in [-0.39, 0.29) is 0 Å². The number of imidazole rings is 4. The number of hydrogen-bond donors (Lipinski definition) is 2. The van der Waals surface area contributed by atoms with E-state index in [9.17, 15) is 0 Å². The van der Waals surface area contributed by atoms with Gasteiger partial charge in [-0.2, -0.15) is 0 Å².